The van der Waals surface area contributed by atoms with E-state index in [9.17, 15) is 9.50 Å². The van der Waals surface area contributed by atoms with E-state index < -0.39 is 6.10 Å². The molecule has 0 unspecified atom stereocenters. The summed E-state index contributed by atoms with van der Waals surface area (Å²) in [5.74, 6) is 0.278. The predicted octanol–water partition coefficient (Wildman–Crippen LogP) is 2.32. The van der Waals surface area contributed by atoms with Gasteiger partial charge in [0.2, 0.25) is 0 Å². The summed E-state index contributed by atoms with van der Waals surface area (Å²) in [5.41, 5.74) is 0. The van der Waals surface area contributed by atoms with Crippen molar-refractivity contribution in [1.82, 2.24) is 14.7 Å². The Morgan fingerprint density at radius 3 is 2.88 bits per heavy atom. The van der Waals surface area contributed by atoms with Gasteiger partial charge in [-0.15, -0.1) is 0 Å². The van der Waals surface area contributed by atoms with Crippen molar-refractivity contribution in [2.24, 2.45) is 0 Å². The molecular weight excluding hydrogens is 309 g/mol. The molecule has 1 aromatic carbocycles. The van der Waals surface area contributed by atoms with Gasteiger partial charge in [-0.25, -0.2) is 4.39 Å². The Hall–Kier alpha value is -1.92. The fourth-order valence-electron chi connectivity index (χ4n) is 3.18. The maximum Gasteiger partial charge on any atom is 0.123 e. The number of nitrogens with zero attached hydrogens (tertiary/aromatic N) is 3. The summed E-state index contributed by atoms with van der Waals surface area (Å²) in [7, 11) is 0. The van der Waals surface area contributed by atoms with Crippen molar-refractivity contribution in [3.05, 3.63) is 48.5 Å². The third-order valence-electron chi connectivity index (χ3n) is 4.41. The number of aliphatic hydroxyl groups is 1. The minimum Gasteiger partial charge on any atom is -0.491 e. The number of β-amino-alcohol motifs (C(OH)–C–C–N with tert-alkyl or cyclic N) is 1. The van der Waals surface area contributed by atoms with Gasteiger partial charge >= 0.3 is 0 Å². The molecule has 1 aliphatic rings. The van der Waals surface area contributed by atoms with Crippen LogP contribution in [0, 0.1) is 5.82 Å². The van der Waals surface area contributed by atoms with Gasteiger partial charge in [0, 0.05) is 25.0 Å². The van der Waals surface area contributed by atoms with Gasteiger partial charge in [-0.05, 0) is 49.7 Å². The van der Waals surface area contributed by atoms with Crippen LogP contribution in [0.1, 0.15) is 19.3 Å². The van der Waals surface area contributed by atoms with Crippen LogP contribution < -0.4 is 4.74 Å². The van der Waals surface area contributed by atoms with Crippen LogP contribution in [0.4, 0.5) is 4.39 Å². The van der Waals surface area contributed by atoms with Gasteiger partial charge in [0.1, 0.15) is 24.3 Å². The van der Waals surface area contributed by atoms with Gasteiger partial charge in [0.25, 0.3) is 0 Å². The minimum absolute atomic E-state index is 0.205. The second-order valence-corrected chi connectivity index (χ2v) is 6.29. The van der Waals surface area contributed by atoms with E-state index in [1.165, 1.54) is 18.6 Å². The Balaban J connectivity index is 1.49. The molecule has 0 bridgehead atoms. The second kappa shape index (κ2) is 8.26. The Labute approximate surface area is 141 Å². The lowest BCUT2D eigenvalue weighted by Gasteiger charge is -2.36. The highest BCUT2D eigenvalue weighted by Gasteiger charge is 2.25. The summed E-state index contributed by atoms with van der Waals surface area (Å²) in [6.45, 7) is 2.61. The monoisotopic (exact) mass is 333 g/mol. The standard InChI is InChI=1S/C18H24FN3O2/c19-15-5-7-18(8-6-15)24-14-17(23)13-21-10-2-1-4-16(21)12-22-11-3-9-20-22/h3,5-9,11,16-17,23H,1-2,4,10,12-14H2/t16-,17-/m0/s1. The van der Waals surface area contributed by atoms with E-state index >= 15 is 0 Å². The predicted molar refractivity (Wildman–Crippen MR) is 89.3 cm³/mol. The van der Waals surface area contributed by atoms with Crippen molar-refractivity contribution in [3.63, 3.8) is 0 Å². The average Bonchev–Trinajstić information content (AvgIpc) is 3.09. The van der Waals surface area contributed by atoms with Crippen molar-refractivity contribution in [3.8, 4) is 5.75 Å². The van der Waals surface area contributed by atoms with Crippen molar-refractivity contribution < 1.29 is 14.2 Å². The molecule has 0 radical (unpaired) electrons. The summed E-state index contributed by atoms with van der Waals surface area (Å²) in [4.78, 5) is 2.32. The van der Waals surface area contributed by atoms with E-state index in [0.717, 1.165) is 25.9 Å². The third kappa shape index (κ3) is 4.79. The Morgan fingerprint density at radius 2 is 2.12 bits per heavy atom. The maximum absolute atomic E-state index is 12.9. The number of piperidine rings is 1. The zero-order valence-electron chi connectivity index (χ0n) is 13.7. The number of aromatic nitrogens is 2. The molecule has 2 heterocycles. The van der Waals surface area contributed by atoms with Gasteiger partial charge in [0.05, 0.1) is 6.54 Å². The smallest absolute Gasteiger partial charge is 0.123 e. The van der Waals surface area contributed by atoms with E-state index in [1.54, 1.807) is 18.3 Å². The van der Waals surface area contributed by atoms with Gasteiger partial charge in [0.15, 0.2) is 0 Å². The molecule has 3 rings (SSSR count). The summed E-state index contributed by atoms with van der Waals surface area (Å²) in [6, 6.07) is 8.17. The van der Waals surface area contributed by atoms with Gasteiger partial charge in [-0.1, -0.05) is 6.42 Å². The lowest BCUT2D eigenvalue weighted by molar-refractivity contribution is 0.0345. The van der Waals surface area contributed by atoms with Crippen LogP contribution in [0.3, 0.4) is 0 Å². The van der Waals surface area contributed by atoms with E-state index in [0.29, 0.717) is 18.3 Å². The zero-order valence-corrected chi connectivity index (χ0v) is 13.7. The fraction of sp³-hybridized carbons (Fsp3) is 0.500. The molecule has 1 saturated heterocycles. The highest BCUT2D eigenvalue weighted by Crippen LogP contribution is 2.19. The lowest BCUT2D eigenvalue weighted by atomic mass is 10.0. The number of halogens is 1. The summed E-state index contributed by atoms with van der Waals surface area (Å²) < 4.78 is 20.4. The van der Waals surface area contributed by atoms with Crippen molar-refractivity contribution in [2.75, 3.05) is 19.7 Å². The van der Waals surface area contributed by atoms with Crippen LogP contribution in [0.25, 0.3) is 0 Å². The van der Waals surface area contributed by atoms with Crippen LogP contribution in [-0.4, -0.2) is 51.6 Å². The first kappa shape index (κ1) is 16.9. The highest BCUT2D eigenvalue weighted by atomic mass is 19.1. The van der Waals surface area contributed by atoms with E-state index in [-0.39, 0.29) is 12.4 Å². The number of likely N-dealkylation sites (tertiary alicyclic amines) is 1. The first-order chi connectivity index (χ1) is 11.7. The third-order valence-corrected chi connectivity index (χ3v) is 4.41. The molecule has 6 heteroatoms. The average molecular weight is 333 g/mol. The largest absolute Gasteiger partial charge is 0.491 e. The van der Waals surface area contributed by atoms with Gasteiger partial charge < -0.3 is 9.84 Å². The number of aliphatic hydroxyl groups excluding tert-OH is 1. The molecule has 1 aromatic heterocycles. The Bertz CT molecular complexity index is 603. The molecule has 5 nitrogen and oxygen atoms in total. The number of hydrogen-bond donors (Lipinski definition) is 1. The Morgan fingerprint density at radius 1 is 1.29 bits per heavy atom. The summed E-state index contributed by atoms with van der Waals surface area (Å²) >= 11 is 0. The number of hydrogen-bond acceptors (Lipinski definition) is 4. The van der Waals surface area contributed by atoms with E-state index in [1.807, 2.05) is 16.9 Å². The molecular formula is C18H24FN3O2. The van der Waals surface area contributed by atoms with Gasteiger partial charge in [-0.3, -0.25) is 9.58 Å². The molecule has 2 aromatic rings. The highest BCUT2D eigenvalue weighted by molar-refractivity contribution is 5.22. The first-order valence-electron chi connectivity index (χ1n) is 8.48. The molecule has 1 fully saturated rings. The first-order valence-corrected chi connectivity index (χ1v) is 8.48. The van der Waals surface area contributed by atoms with Crippen molar-refractivity contribution in [2.45, 2.75) is 38.0 Å². The van der Waals surface area contributed by atoms with Crippen LogP contribution in [0.15, 0.2) is 42.7 Å². The number of rotatable bonds is 7. The topological polar surface area (TPSA) is 50.5 Å². The molecule has 0 spiro atoms. The molecule has 2 atom stereocenters. The van der Waals surface area contributed by atoms with Gasteiger partial charge in [-0.2, -0.15) is 5.10 Å². The number of benzene rings is 1. The fourth-order valence-corrected chi connectivity index (χ4v) is 3.18. The number of ether oxygens (including phenoxy) is 1. The summed E-state index contributed by atoms with van der Waals surface area (Å²) in [5, 5.41) is 14.6. The second-order valence-electron chi connectivity index (χ2n) is 6.29. The van der Waals surface area contributed by atoms with Crippen molar-refractivity contribution in [1.29, 1.82) is 0 Å². The van der Waals surface area contributed by atoms with E-state index in [4.69, 9.17) is 4.74 Å². The molecule has 24 heavy (non-hydrogen) atoms. The molecule has 0 saturated carbocycles. The lowest BCUT2D eigenvalue weighted by Crippen LogP contribution is -2.46. The van der Waals surface area contributed by atoms with Crippen LogP contribution in [0.2, 0.25) is 0 Å². The summed E-state index contributed by atoms with van der Waals surface area (Å²) in [6.07, 6.45) is 6.67. The van der Waals surface area contributed by atoms with Crippen LogP contribution >= 0.6 is 0 Å². The van der Waals surface area contributed by atoms with Crippen LogP contribution in [-0.2, 0) is 6.54 Å². The molecule has 1 aliphatic heterocycles. The normalized spacial score (nSPS) is 20.0. The Kier molecular flexibility index (Phi) is 5.82. The SMILES string of the molecule is O[C@H](COc1ccc(F)cc1)CN1CCCC[C@H]1Cn1cccn1. The van der Waals surface area contributed by atoms with Crippen molar-refractivity contribution >= 4 is 0 Å². The van der Waals surface area contributed by atoms with E-state index in [2.05, 4.69) is 10.00 Å². The molecule has 0 amide bonds. The quantitative estimate of drug-likeness (QED) is 0.845. The minimum atomic E-state index is -0.576. The van der Waals surface area contributed by atoms with Crippen LogP contribution in [0.5, 0.6) is 5.75 Å². The maximum atomic E-state index is 12.9. The molecule has 130 valence electrons. The molecule has 0 aliphatic carbocycles. The zero-order chi connectivity index (χ0) is 16.8. The molecule has 1 N–H and O–H groups in total.